The maximum Gasteiger partial charge on any atom is 0.185 e. The van der Waals surface area contributed by atoms with Crippen LogP contribution in [0, 0.1) is 5.92 Å². The number of hydrogen-bond acceptors (Lipinski definition) is 5. The Balaban J connectivity index is 1.95. The molecule has 1 aliphatic rings. The van der Waals surface area contributed by atoms with Crippen LogP contribution < -0.4 is 10.2 Å². The van der Waals surface area contributed by atoms with Gasteiger partial charge in [-0.25, -0.2) is 4.98 Å². The van der Waals surface area contributed by atoms with E-state index in [2.05, 4.69) is 43.1 Å². The van der Waals surface area contributed by atoms with E-state index >= 15 is 0 Å². The van der Waals surface area contributed by atoms with Gasteiger partial charge < -0.3 is 15.1 Å². The minimum Gasteiger partial charge on any atom is -0.351 e. The van der Waals surface area contributed by atoms with Gasteiger partial charge in [-0.15, -0.1) is 11.3 Å². The predicted molar refractivity (Wildman–Crippen MR) is 92.4 cm³/mol. The summed E-state index contributed by atoms with van der Waals surface area (Å²) in [5.41, 5.74) is 1.27. The number of thiazole rings is 1. The van der Waals surface area contributed by atoms with E-state index < -0.39 is 0 Å². The highest BCUT2D eigenvalue weighted by Crippen LogP contribution is 2.27. The fourth-order valence-corrected chi connectivity index (χ4v) is 4.06. The van der Waals surface area contributed by atoms with Crippen molar-refractivity contribution in [2.24, 2.45) is 5.92 Å². The van der Waals surface area contributed by atoms with E-state index in [9.17, 15) is 0 Å². The SMILES string of the molecule is CCCNCc1sc(N(C)CC2CCN(C)C2)nc1CC. The van der Waals surface area contributed by atoms with E-state index in [4.69, 9.17) is 4.98 Å². The summed E-state index contributed by atoms with van der Waals surface area (Å²) in [4.78, 5) is 11.1. The van der Waals surface area contributed by atoms with Gasteiger partial charge in [0.15, 0.2) is 5.13 Å². The maximum absolute atomic E-state index is 4.86. The number of aromatic nitrogens is 1. The smallest absolute Gasteiger partial charge is 0.185 e. The van der Waals surface area contributed by atoms with E-state index in [0.29, 0.717) is 0 Å². The quantitative estimate of drug-likeness (QED) is 0.748. The van der Waals surface area contributed by atoms with E-state index in [1.54, 1.807) is 0 Å². The van der Waals surface area contributed by atoms with Crippen LogP contribution in [0.15, 0.2) is 0 Å². The number of nitrogens with one attached hydrogen (secondary N) is 1. The summed E-state index contributed by atoms with van der Waals surface area (Å²) in [5, 5.41) is 4.69. The lowest BCUT2D eigenvalue weighted by Crippen LogP contribution is -2.27. The second-order valence-electron chi connectivity index (χ2n) is 6.19. The molecule has 4 nitrogen and oxygen atoms in total. The van der Waals surface area contributed by atoms with E-state index in [1.807, 2.05) is 11.3 Å². The zero-order valence-electron chi connectivity index (χ0n) is 14.0. The molecule has 120 valence electrons. The molecule has 1 aromatic heterocycles. The van der Waals surface area contributed by atoms with Crippen molar-refractivity contribution in [3.05, 3.63) is 10.6 Å². The average Bonchev–Trinajstić information content (AvgIpc) is 3.05. The van der Waals surface area contributed by atoms with Crippen LogP contribution in [0.3, 0.4) is 0 Å². The van der Waals surface area contributed by atoms with Gasteiger partial charge in [0.2, 0.25) is 0 Å². The van der Waals surface area contributed by atoms with Crippen LogP contribution in [0.1, 0.15) is 37.3 Å². The molecule has 0 amide bonds. The van der Waals surface area contributed by atoms with Crippen molar-refractivity contribution in [3.8, 4) is 0 Å². The van der Waals surface area contributed by atoms with E-state index in [0.717, 1.165) is 32.0 Å². The maximum atomic E-state index is 4.86. The Bertz CT molecular complexity index is 432. The molecule has 1 aliphatic heterocycles. The van der Waals surface area contributed by atoms with Gasteiger partial charge in [0.25, 0.3) is 0 Å². The second-order valence-corrected chi connectivity index (χ2v) is 7.26. The summed E-state index contributed by atoms with van der Waals surface area (Å²) in [7, 11) is 4.41. The van der Waals surface area contributed by atoms with Gasteiger partial charge in [-0.05, 0) is 45.3 Å². The van der Waals surface area contributed by atoms with Crippen molar-refractivity contribution in [2.45, 2.75) is 39.7 Å². The topological polar surface area (TPSA) is 31.4 Å². The minimum atomic E-state index is 0.788. The second kappa shape index (κ2) is 8.11. The van der Waals surface area contributed by atoms with Crippen molar-refractivity contribution in [2.75, 3.05) is 45.2 Å². The van der Waals surface area contributed by atoms with E-state index in [1.165, 1.54) is 41.6 Å². The monoisotopic (exact) mass is 310 g/mol. The molecule has 1 saturated heterocycles. The Morgan fingerprint density at radius 1 is 1.43 bits per heavy atom. The normalized spacial score (nSPS) is 19.3. The minimum absolute atomic E-state index is 0.788. The largest absolute Gasteiger partial charge is 0.351 e. The Kier molecular flexibility index (Phi) is 6.45. The molecule has 0 spiro atoms. The molecule has 0 saturated carbocycles. The summed E-state index contributed by atoms with van der Waals surface area (Å²) >= 11 is 1.87. The summed E-state index contributed by atoms with van der Waals surface area (Å²) in [6, 6.07) is 0. The van der Waals surface area contributed by atoms with Gasteiger partial charge in [0.05, 0.1) is 5.69 Å². The van der Waals surface area contributed by atoms with Crippen molar-refractivity contribution in [1.82, 2.24) is 15.2 Å². The molecular formula is C16H30N4S. The Hall–Kier alpha value is -0.650. The van der Waals surface area contributed by atoms with Crippen LogP contribution in [-0.4, -0.2) is 50.2 Å². The third-order valence-corrected chi connectivity index (χ3v) is 5.37. The third kappa shape index (κ3) is 4.66. The lowest BCUT2D eigenvalue weighted by Gasteiger charge is -2.20. The first-order chi connectivity index (χ1) is 10.1. The van der Waals surface area contributed by atoms with Crippen molar-refractivity contribution >= 4 is 16.5 Å². The number of hydrogen-bond donors (Lipinski definition) is 1. The van der Waals surface area contributed by atoms with Gasteiger partial charge in [-0.3, -0.25) is 0 Å². The molecule has 21 heavy (non-hydrogen) atoms. The average molecular weight is 311 g/mol. The molecule has 1 fully saturated rings. The van der Waals surface area contributed by atoms with Crippen LogP contribution >= 0.6 is 11.3 Å². The standard InChI is InChI=1S/C16H30N4S/c1-5-8-17-10-15-14(6-2)18-16(21-15)20(4)12-13-7-9-19(3)11-13/h13,17H,5-12H2,1-4H3. The lowest BCUT2D eigenvalue weighted by molar-refractivity contribution is 0.396. The molecule has 5 heteroatoms. The molecule has 0 aliphatic carbocycles. The highest BCUT2D eigenvalue weighted by molar-refractivity contribution is 7.15. The summed E-state index contributed by atoms with van der Waals surface area (Å²) < 4.78 is 0. The molecule has 2 rings (SSSR count). The highest BCUT2D eigenvalue weighted by atomic mass is 32.1. The van der Waals surface area contributed by atoms with E-state index in [-0.39, 0.29) is 0 Å². The van der Waals surface area contributed by atoms with Crippen molar-refractivity contribution < 1.29 is 0 Å². The molecule has 1 atom stereocenters. The van der Waals surface area contributed by atoms with Crippen molar-refractivity contribution in [3.63, 3.8) is 0 Å². The fourth-order valence-electron chi connectivity index (χ4n) is 2.97. The van der Waals surface area contributed by atoms with Crippen LogP contribution in [-0.2, 0) is 13.0 Å². The first-order valence-corrected chi connectivity index (χ1v) is 9.04. The first-order valence-electron chi connectivity index (χ1n) is 8.23. The van der Waals surface area contributed by atoms with Gasteiger partial charge in [0, 0.05) is 31.6 Å². The van der Waals surface area contributed by atoms with Gasteiger partial charge in [0.1, 0.15) is 0 Å². The van der Waals surface area contributed by atoms with Gasteiger partial charge in [-0.2, -0.15) is 0 Å². The Morgan fingerprint density at radius 3 is 2.86 bits per heavy atom. The molecule has 0 radical (unpaired) electrons. The molecule has 2 heterocycles. The number of likely N-dealkylation sites (tertiary alicyclic amines) is 1. The van der Waals surface area contributed by atoms with Crippen LogP contribution in [0.4, 0.5) is 5.13 Å². The molecule has 0 bridgehead atoms. The predicted octanol–water partition coefficient (Wildman–Crippen LogP) is 2.59. The molecule has 1 N–H and O–H groups in total. The molecular weight excluding hydrogens is 280 g/mol. The third-order valence-electron chi connectivity index (χ3n) is 4.16. The number of anilines is 1. The number of aryl methyl sites for hydroxylation is 1. The van der Waals surface area contributed by atoms with Crippen molar-refractivity contribution in [1.29, 1.82) is 0 Å². The summed E-state index contributed by atoms with van der Waals surface area (Å²) in [5.74, 6) is 0.788. The Labute approximate surface area is 133 Å². The van der Waals surface area contributed by atoms with Gasteiger partial charge in [-0.1, -0.05) is 13.8 Å². The number of nitrogens with zero attached hydrogens (tertiary/aromatic N) is 3. The van der Waals surface area contributed by atoms with Gasteiger partial charge >= 0.3 is 0 Å². The fraction of sp³-hybridized carbons (Fsp3) is 0.812. The molecule has 0 aromatic carbocycles. The Morgan fingerprint density at radius 2 is 2.24 bits per heavy atom. The highest BCUT2D eigenvalue weighted by Gasteiger charge is 2.22. The van der Waals surface area contributed by atoms with Crippen LogP contribution in [0.2, 0.25) is 0 Å². The first kappa shape index (κ1) is 16.7. The van der Waals surface area contributed by atoms with Crippen LogP contribution in [0.5, 0.6) is 0 Å². The zero-order chi connectivity index (χ0) is 15.2. The van der Waals surface area contributed by atoms with Crippen LogP contribution in [0.25, 0.3) is 0 Å². The summed E-state index contributed by atoms with van der Waals surface area (Å²) in [6.07, 6.45) is 3.53. The lowest BCUT2D eigenvalue weighted by atomic mass is 10.1. The summed E-state index contributed by atoms with van der Waals surface area (Å²) in [6.45, 7) is 10.1. The number of rotatable bonds is 8. The molecule has 1 unspecified atom stereocenters. The molecule has 1 aromatic rings. The zero-order valence-corrected chi connectivity index (χ0v) is 14.8.